The van der Waals surface area contributed by atoms with Gasteiger partial charge < -0.3 is 15.1 Å². The van der Waals surface area contributed by atoms with E-state index in [4.69, 9.17) is 11.6 Å². The number of thioether (sulfide) groups is 1. The Kier molecular flexibility index (Phi) is 5.93. The number of aryl methyl sites for hydroxylation is 1. The molecule has 30 heavy (non-hydrogen) atoms. The monoisotopic (exact) mass is 447 g/mol. The largest absolute Gasteiger partial charge is 0.324 e. The van der Waals surface area contributed by atoms with E-state index in [1.165, 1.54) is 24.3 Å². The molecule has 2 saturated heterocycles. The van der Waals surface area contributed by atoms with Gasteiger partial charge in [-0.1, -0.05) is 17.7 Å². The van der Waals surface area contributed by atoms with Crippen molar-refractivity contribution >= 4 is 41.0 Å². The number of anilines is 1. The molecule has 2 aliphatic heterocycles. The van der Waals surface area contributed by atoms with Crippen LogP contribution in [0.5, 0.6) is 0 Å². The molecule has 1 N–H and O–H groups in total. The van der Waals surface area contributed by atoms with E-state index < -0.39 is 0 Å². The van der Waals surface area contributed by atoms with Crippen LogP contribution in [0, 0.1) is 12.7 Å². The summed E-state index contributed by atoms with van der Waals surface area (Å²) in [7, 11) is 0. The van der Waals surface area contributed by atoms with Crippen molar-refractivity contribution in [1.82, 2.24) is 9.80 Å². The number of hydrogen-bond donors (Lipinski definition) is 1. The summed E-state index contributed by atoms with van der Waals surface area (Å²) in [6, 6.07) is 11.0. The Bertz CT molecular complexity index is 961. The van der Waals surface area contributed by atoms with E-state index in [-0.39, 0.29) is 22.6 Å². The topological polar surface area (TPSA) is 52.7 Å². The van der Waals surface area contributed by atoms with Gasteiger partial charge in [-0.05, 0) is 61.7 Å². The van der Waals surface area contributed by atoms with Crippen molar-refractivity contribution in [2.24, 2.45) is 0 Å². The normalized spacial score (nSPS) is 18.0. The Morgan fingerprint density at radius 3 is 2.47 bits per heavy atom. The lowest BCUT2D eigenvalue weighted by atomic mass is 10.0. The molecular formula is C22H23ClFN3O2S. The molecule has 0 bridgehead atoms. The Morgan fingerprint density at radius 2 is 1.80 bits per heavy atom. The van der Waals surface area contributed by atoms with Crippen molar-refractivity contribution in [1.29, 1.82) is 0 Å². The third-order valence-corrected chi connectivity index (χ3v) is 7.73. The van der Waals surface area contributed by atoms with Crippen LogP contribution >= 0.6 is 23.4 Å². The van der Waals surface area contributed by atoms with Crippen LogP contribution in [-0.4, -0.2) is 52.0 Å². The number of benzene rings is 2. The number of piperidine rings is 1. The molecule has 1 spiro atoms. The van der Waals surface area contributed by atoms with Crippen molar-refractivity contribution in [3.8, 4) is 0 Å². The highest BCUT2D eigenvalue weighted by atomic mass is 35.5. The van der Waals surface area contributed by atoms with Crippen LogP contribution in [0.15, 0.2) is 42.5 Å². The predicted molar refractivity (Wildman–Crippen MR) is 119 cm³/mol. The molecule has 2 heterocycles. The molecule has 0 aliphatic carbocycles. The molecule has 2 fully saturated rings. The van der Waals surface area contributed by atoms with Gasteiger partial charge in [0.25, 0.3) is 5.91 Å². The van der Waals surface area contributed by atoms with Crippen molar-refractivity contribution in [3.63, 3.8) is 0 Å². The van der Waals surface area contributed by atoms with Gasteiger partial charge >= 0.3 is 6.03 Å². The van der Waals surface area contributed by atoms with Crippen molar-refractivity contribution in [2.45, 2.75) is 24.6 Å². The fourth-order valence-electron chi connectivity index (χ4n) is 3.99. The molecule has 2 aromatic carbocycles. The van der Waals surface area contributed by atoms with E-state index in [0.717, 1.165) is 11.3 Å². The van der Waals surface area contributed by atoms with E-state index in [0.29, 0.717) is 48.7 Å². The van der Waals surface area contributed by atoms with E-state index in [9.17, 15) is 14.0 Å². The molecule has 0 atom stereocenters. The second-order valence-corrected chi connectivity index (χ2v) is 9.50. The summed E-state index contributed by atoms with van der Waals surface area (Å²) in [4.78, 5) is 29.1. The average Bonchev–Trinajstić information content (AvgIpc) is 3.14. The van der Waals surface area contributed by atoms with Gasteiger partial charge in [0.05, 0.1) is 4.87 Å². The summed E-state index contributed by atoms with van der Waals surface area (Å²) in [5.74, 6) is 0.430. The number of halogens is 2. The first-order chi connectivity index (χ1) is 14.4. The lowest BCUT2D eigenvalue weighted by Crippen LogP contribution is -2.54. The Balaban J connectivity index is 1.40. The van der Waals surface area contributed by atoms with Crippen molar-refractivity contribution in [3.05, 3.63) is 64.4 Å². The molecule has 5 nitrogen and oxygen atoms in total. The molecule has 2 aromatic rings. The highest BCUT2D eigenvalue weighted by Gasteiger charge is 2.47. The van der Waals surface area contributed by atoms with E-state index in [1.54, 1.807) is 22.7 Å². The van der Waals surface area contributed by atoms with E-state index in [2.05, 4.69) is 5.32 Å². The van der Waals surface area contributed by atoms with Gasteiger partial charge in [0.1, 0.15) is 5.82 Å². The highest BCUT2D eigenvalue weighted by molar-refractivity contribution is 8.00. The third-order valence-electron chi connectivity index (χ3n) is 5.77. The van der Waals surface area contributed by atoms with Crippen LogP contribution in [0.4, 0.5) is 14.9 Å². The average molecular weight is 448 g/mol. The SMILES string of the molecule is Cc1ccc(NC(=O)N2CCC3(CC2)SCCN3C(=O)c2ccc(F)cc2)cc1Cl. The highest BCUT2D eigenvalue weighted by Crippen LogP contribution is 2.44. The van der Waals surface area contributed by atoms with Crippen LogP contribution in [0.3, 0.4) is 0 Å². The minimum absolute atomic E-state index is 0.0767. The quantitative estimate of drug-likeness (QED) is 0.704. The molecule has 2 aliphatic rings. The third kappa shape index (κ3) is 4.14. The predicted octanol–water partition coefficient (Wildman–Crippen LogP) is 5.00. The first kappa shape index (κ1) is 21.0. The summed E-state index contributed by atoms with van der Waals surface area (Å²) in [6.07, 6.45) is 1.40. The van der Waals surface area contributed by atoms with E-state index >= 15 is 0 Å². The fraction of sp³-hybridized carbons (Fsp3) is 0.364. The van der Waals surface area contributed by atoms with Crippen LogP contribution in [0.2, 0.25) is 5.02 Å². The number of urea groups is 1. The fourth-order valence-corrected chi connectivity index (χ4v) is 5.63. The summed E-state index contributed by atoms with van der Waals surface area (Å²) in [5, 5.41) is 3.52. The number of nitrogens with one attached hydrogen (secondary N) is 1. The number of nitrogens with zero attached hydrogens (tertiary/aromatic N) is 2. The minimum atomic E-state index is -0.355. The lowest BCUT2D eigenvalue weighted by Gasteiger charge is -2.44. The molecule has 3 amide bonds. The summed E-state index contributed by atoms with van der Waals surface area (Å²) in [6.45, 7) is 3.70. The van der Waals surface area contributed by atoms with Gasteiger partial charge in [-0.2, -0.15) is 0 Å². The number of carbonyl (C=O) groups excluding carboxylic acids is 2. The zero-order chi connectivity index (χ0) is 21.3. The second kappa shape index (κ2) is 8.47. The maximum atomic E-state index is 13.2. The van der Waals surface area contributed by atoms with Crippen molar-refractivity contribution in [2.75, 3.05) is 30.7 Å². The first-order valence-electron chi connectivity index (χ1n) is 9.92. The summed E-state index contributed by atoms with van der Waals surface area (Å²) >= 11 is 7.92. The number of rotatable bonds is 2. The number of hydrogen-bond acceptors (Lipinski definition) is 3. The second-order valence-electron chi connectivity index (χ2n) is 7.64. The maximum absolute atomic E-state index is 13.2. The van der Waals surface area contributed by atoms with Gasteiger partial charge in [-0.15, -0.1) is 11.8 Å². The van der Waals surface area contributed by atoms with Gasteiger partial charge in [0.2, 0.25) is 0 Å². The number of amides is 3. The summed E-state index contributed by atoms with van der Waals surface area (Å²) < 4.78 is 13.2. The molecular weight excluding hydrogens is 425 g/mol. The standard InChI is InChI=1S/C22H23ClFN3O2S/c1-15-2-7-18(14-19(15)23)25-21(29)26-10-8-22(9-11-26)27(12-13-30-22)20(28)16-3-5-17(24)6-4-16/h2-7,14H,8-13H2,1H3,(H,25,29). The Morgan fingerprint density at radius 1 is 1.10 bits per heavy atom. The van der Waals surface area contributed by atoms with Gasteiger partial charge in [-0.3, -0.25) is 4.79 Å². The molecule has 0 saturated carbocycles. The lowest BCUT2D eigenvalue weighted by molar-refractivity contribution is 0.0585. The van der Waals surface area contributed by atoms with Crippen LogP contribution in [0.1, 0.15) is 28.8 Å². The zero-order valence-corrected chi connectivity index (χ0v) is 18.2. The van der Waals surface area contributed by atoms with Crippen LogP contribution < -0.4 is 5.32 Å². The number of carbonyl (C=O) groups is 2. The maximum Gasteiger partial charge on any atom is 0.321 e. The van der Waals surface area contributed by atoms with Crippen molar-refractivity contribution < 1.29 is 14.0 Å². The first-order valence-corrected chi connectivity index (χ1v) is 11.3. The Labute approximate surface area is 184 Å². The molecule has 4 rings (SSSR count). The van der Waals surface area contributed by atoms with Gasteiger partial charge in [0, 0.05) is 41.7 Å². The van der Waals surface area contributed by atoms with Gasteiger partial charge in [0.15, 0.2) is 0 Å². The zero-order valence-electron chi connectivity index (χ0n) is 16.7. The summed E-state index contributed by atoms with van der Waals surface area (Å²) in [5.41, 5.74) is 2.12. The molecule has 0 aromatic heterocycles. The van der Waals surface area contributed by atoms with E-state index in [1.807, 2.05) is 24.0 Å². The number of likely N-dealkylation sites (tertiary alicyclic amines) is 1. The smallest absolute Gasteiger partial charge is 0.321 e. The molecule has 0 unspecified atom stereocenters. The molecule has 8 heteroatoms. The minimum Gasteiger partial charge on any atom is -0.324 e. The van der Waals surface area contributed by atoms with Crippen LogP contribution in [-0.2, 0) is 0 Å². The molecule has 158 valence electrons. The van der Waals surface area contributed by atoms with Gasteiger partial charge in [-0.25, -0.2) is 9.18 Å². The van der Waals surface area contributed by atoms with Crippen LogP contribution in [0.25, 0.3) is 0 Å². The molecule has 0 radical (unpaired) electrons. The Hall–Kier alpha value is -2.25.